The van der Waals surface area contributed by atoms with Crippen molar-refractivity contribution < 1.29 is 23.1 Å². The van der Waals surface area contributed by atoms with Crippen LogP contribution in [-0.4, -0.2) is 35.1 Å². The molecule has 2 aliphatic carbocycles. The number of aliphatic carboxylic acids is 1. The van der Waals surface area contributed by atoms with E-state index in [-0.39, 0.29) is 24.3 Å². The van der Waals surface area contributed by atoms with Crippen molar-refractivity contribution in [1.29, 1.82) is 0 Å². The zero-order chi connectivity index (χ0) is 24.0. The molecule has 0 aliphatic heterocycles. The van der Waals surface area contributed by atoms with Gasteiger partial charge in [-0.1, -0.05) is 51.7 Å². The minimum absolute atomic E-state index is 0.0483. The van der Waals surface area contributed by atoms with Crippen LogP contribution in [-0.2, 0) is 11.0 Å². The zero-order valence-corrected chi connectivity index (χ0v) is 20.1. The van der Waals surface area contributed by atoms with Crippen LogP contribution in [0.5, 0.6) is 0 Å². The maximum Gasteiger partial charge on any atom is 0.416 e. The Morgan fingerprint density at radius 3 is 2.27 bits per heavy atom. The number of benzene rings is 1. The molecule has 3 nitrogen and oxygen atoms in total. The molecule has 1 aromatic rings. The highest BCUT2D eigenvalue weighted by molar-refractivity contribution is 5.67. The topological polar surface area (TPSA) is 40.5 Å². The molecule has 0 amide bonds. The van der Waals surface area contributed by atoms with Gasteiger partial charge in [-0.3, -0.25) is 9.69 Å². The van der Waals surface area contributed by atoms with Gasteiger partial charge in [0.25, 0.3) is 0 Å². The van der Waals surface area contributed by atoms with Gasteiger partial charge < -0.3 is 5.11 Å². The van der Waals surface area contributed by atoms with Crippen molar-refractivity contribution in [1.82, 2.24) is 4.90 Å². The molecule has 3 atom stereocenters. The first kappa shape index (κ1) is 26.1. The highest BCUT2D eigenvalue weighted by atomic mass is 19.4. The number of carboxylic acid groups (broad SMARTS) is 1. The van der Waals surface area contributed by atoms with Gasteiger partial charge in [-0.05, 0) is 74.1 Å². The molecule has 186 valence electrons. The largest absolute Gasteiger partial charge is 0.481 e. The van der Waals surface area contributed by atoms with Crippen molar-refractivity contribution in [3.63, 3.8) is 0 Å². The van der Waals surface area contributed by atoms with Crippen LogP contribution in [0.25, 0.3) is 0 Å². The molecule has 6 heteroatoms. The van der Waals surface area contributed by atoms with Gasteiger partial charge in [0.2, 0.25) is 0 Å². The van der Waals surface area contributed by atoms with E-state index in [2.05, 4.69) is 18.7 Å². The third-order valence-corrected chi connectivity index (χ3v) is 7.74. The van der Waals surface area contributed by atoms with Gasteiger partial charge in [0.1, 0.15) is 0 Å². The third kappa shape index (κ3) is 7.46. The fourth-order valence-corrected chi connectivity index (χ4v) is 6.03. The van der Waals surface area contributed by atoms with Gasteiger partial charge in [-0.15, -0.1) is 0 Å². The number of nitrogens with zero attached hydrogens (tertiary/aromatic N) is 1. The second kappa shape index (κ2) is 11.7. The summed E-state index contributed by atoms with van der Waals surface area (Å²) in [5, 5.41) is 9.58. The van der Waals surface area contributed by atoms with E-state index < -0.39 is 17.7 Å². The Morgan fingerprint density at radius 1 is 1.03 bits per heavy atom. The summed E-state index contributed by atoms with van der Waals surface area (Å²) in [4.78, 5) is 14.3. The molecule has 3 rings (SSSR count). The molecule has 1 aromatic carbocycles. The predicted octanol–water partition coefficient (Wildman–Crippen LogP) is 7.36. The molecule has 0 bridgehead atoms. The van der Waals surface area contributed by atoms with Crippen molar-refractivity contribution in [2.45, 2.75) is 96.2 Å². The second-order valence-corrected chi connectivity index (χ2v) is 10.7. The summed E-state index contributed by atoms with van der Waals surface area (Å²) in [6.45, 7) is 6.44. The van der Waals surface area contributed by atoms with E-state index >= 15 is 0 Å². The molecule has 0 saturated heterocycles. The third-order valence-electron chi connectivity index (χ3n) is 7.74. The van der Waals surface area contributed by atoms with Crippen LogP contribution in [0.3, 0.4) is 0 Å². The van der Waals surface area contributed by atoms with E-state index in [4.69, 9.17) is 0 Å². The Kier molecular flexibility index (Phi) is 9.25. The van der Waals surface area contributed by atoms with E-state index in [1.54, 1.807) is 12.1 Å². The fourth-order valence-electron chi connectivity index (χ4n) is 6.03. The molecule has 0 aromatic heterocycles. The van der Waals surface area contributed by atoms with Crippen molar-refractivity contribution in [3.05, 3.63) is 35.4 Å². The maximum atomic E-state index is 13.2. The van der Waals surface area contributed by atoms with Gasteiger partial charge in [0.15, 0.2) is 0 Å². The van der Waals surface area contributed by atoms with Crippen LogP contribution in [0.2, 0.25) is 0 Å². The summed E-state index contributed by atoms with van der Waals surface area (Å²) in [6.07, 6.45) is 5.90. The maximum absolute atomic E-state index is 13.2. The number of alkyl halides is 3. The number of halogens is 3. The molecular formula is C27H40F3NO2. The highest BCUT2D eigenvalue weighted by Crippen LogP contribution is 2.44. The molecule has 0 radical (unpaired) electrons. The summed E-state index contributed by atoms with van der Waals surface area (Å²) in [6, 6.07) is 5.71. The number of hydrogen-bond acceptors (Lipinski definition) is 2. The van der Waals surface area contributed by atoms with E-state index in [9.17, 15) is 23.1 Å². The molecule has 2 aliphatic rings. The average molecular weight is 468 g/mol. The second-order valence-electron chi connectivity index (χ2n) is 10.7. The number of rotatable bonds is 9. The summed E-state index contributed by atoms with van der Waals surface area (Å²) in [5.41, 5.74) is 0.212. The molecule has 0 unspecified atom stereocenters. The molecule has 0 spiro atoms. The van der Waals surface area contributed by atoms with Gasteiger partial charge in [0, 0.05) is 24.9 Å². The van der Waals surface area contributed by atoms with Crippen LogP contribution in [0.1, 0.15) is 95.1 Å². The Hall–Kier alpha value is -1.56. The average Bonchev–Trinajstić information content (AvgIpc) is 2.76. The Balaban J connectivity index is 1.91. The predicted molar refractivity (Wildman–Crippen MR) is 125 cm³/mol. The number of carboxylic acids is 1. The smallest absolute Gasteiger partial charge is 0.416 e. The van der Waals surface area contributed by atoms with Crippen LogP contribution >= 0.6 is 0 Å². The molecule has 2 fully saturated rings. The van der Waals surface area contributed by atoms with E-state index in [1.165, 1.54) is 44.2 Å². The van der Waals surface area contributed by atoms with Crippen LogP contribution in [0.4, 0.5) is 13.2 Å². The quantitative estimate of drug-likeness (QED) is 0.412. The summed E-state index contributed by atoms with van der Waals surface area (Å²) in [5.74, 6) is 0.318. The first-order valence-electron chi connectivity index (χ1n) is 12.8. The van der Waals surface area contributed by atoms with Crippen molar-refractivity contribution in [2.75, 3.05) is 13.1 Å². The van der Waals surface area contributed by atoms with Gasteiger partial charge in [-0.2, -0.15) is 13.2 Å². The summed E-state index contributed by atoms with van der Waals surface area (Å²) in [7, 11) is 0. The normalized spacial score (nSPS) is 25.0. The highest BCUT2D eigenvalue weighted by Gasteiger charge is 2.39. The monoisotopic (exact) mass is 467 g/mol. The number of carbonyl (C=O) groups is 1. The lowest BCUT2D eigenvalue weighted by molar-refractivity contribution is -0.139. The Morgan fingerprint density at radius 2 is 1.70 bits per heavy atom. The standard InChI is InChI=1S/C27H40F3NO2/c1-19(2)15-16-31(18-20-7-4-3-5-8-20)24-10-6-9-22(17-25(32)33)26(24)21-11-13-23(14-12-21)27(28,29)30/h11-14,19-20,22,24,26H,3-10,15-18H2,1-2H3,(H,32,33)/t22-,24-,26-/m1/s1. The molecule has 33 heavy (non-hydrogen) atoms. The number of hydrogen-bond donors (Lipinski definition) is 1. The summed E-state index contributed by atoms with van der Waals surface area (Å²) >= 11 is 0. The SMILES string of the molecule is CC(C)CCN(CC1CCCCC1)[C@@H]1CCC[C@H](CC(=O)O)[C@H]1c1ccc(C(F)(F)F)cc1. The van der Waals surface area contributed by atoms with Crippen molar-refractivity contribution in [2.24, 2.45) is 17.8 Å². The molecule has 0 heterocycles. The molecule has 2 saturated carbocycles. The lowest BCUT2D eigenvalue weighted by atomic mass is 9.70. The molecule has 1 N–H and O–H groups in total. The minimum Gasteiger partial charge on any atom is -0.481 e. The van der Waals surface area contributed by atoms with Crippen LogP contribution in [0, 0.1) is 17.8 Å². The Bertz CT molecular complexity index is 741. The first-order chi connectivity index (χ1) is 15.6. The fraction of sp³-hybridized carbons (Fsp3) is 0.741. The van der Waals surface area contributed by atoms with E-state index in [1.807, 2.05) is 0 Å². The van der Waals surface area contributed by atoms with Crippen molar-refractivity contribution in [3.8, 4) is 0 Å². The van der Waals surface area contributed by atoms with E-state index in [0.717, 1.165) is 44.3 Å². The summed E-state index contributed by atoms with van der Waals surface area (Å²) < 4.78 is 39.5. The van der Waals surface area contributed by atoms with E-state index in [0.29, 0.717) is 11.8 Å². The zero-order valence-electron chi connectivity index (χ0n) is 20.1. The lowest BCUT2D eigenvalue weighted by Crippen LogP contribution is -2.47. The molecular weight excluding hydrogens is 427 g/mol. The van der Waals surface area contributed by atoms with Crippen molar-refractivity contribution >= 4 is 5.97 Å². The first-order valence-corrected chi connectivity index (χ1v) is 12.8. The Labute approximate surface area is 196 Å². The van der Waals surface area contributed by atoms with Gasteiger partial charge in [0.05, 0.1) is 5.56 Å². The lowest BCUT2D eigenvalue weighted by Gasteiger charge is -2.46. The van der Waals surface area contributed by atoms with Crippen LogP contribution in [0.15, 0.2) is 24.3 Å². The van der Waals surface area contributed by atoms with Gasteiger partial charge >= 0.3 is 12.1 Å². The van der Waals surface area contributed by atoms with Crippen LogP contribution < -0.4 is 0 Å². The minimum atomic E-state index is -4.37. The van der Waals surface area contributed by atoms with Gasteiger partial charge in [-0.25, -0.2) is 0 Å².